The molecule has 0 saturated carbocycles. The van der Waals surface area contributed by atoms with Crippen molar-refractivity contribution in [2.45, 2.75) is 46.1 Å². The SMILES string of the molecule is CC1=CC(C)CC(CNC(C)Cc2ccc(Br)cc2)C1. The van der Waals surface area contributed by atoms with Crippen LogP contribution in [0.15, 0.2) is 40.4 Å². The van der Waals surface area contributed by atoms with Gasteiger partial charge in [0.05, 0.1) is 0 Å². The summed E-state index contributed by atoms with van der Waals surface area (Å²) in [5.74, 6) is 1.56. The highest BCUT2D eigenvalue weighted by Gasteiger charge is 2.18. The molecule has 3 unspecified atom stereocenters. The van der Waals surface area contributed by atoms with Crippen molar-refractivity contribution in [2.75, 3.05) is 6.54 Å². The van der Waals surface area contributed by atoms with E-state index >= 15 is 0 Å². The molecule has 0 amide bonds. The predicted molar refractivity (Wildman–Crippen MR) is 91.0 cm³/mol. The fourth-order valence-electron chi connectivity index (χ4n) is 3.26. The van der Waals surface area contributed by atoms with E-state index in [4.69, 9.17) is 0 Å². The van der Waals surface area contributed by atoms with E-state index in [1.54, 1.807) is 5.57 Å². The number of rotatable bonds is 5. The smallest absolute Gasteiger partial charge is 0.0175 e. The quantitative estimate of drug-likeness (QED) is 0.749. The number of nitrogens with one attached hydrogen (secondary N) is 1. The van der Waals surface area contributed by atoms with Gasteiger partial charge in [0.25, 0.3) is 0 Å². The van der Waals surface area contributed by atoms with E-state index in [9.17, 15) is 0 Å². The van der Waals surface area contributed by atoms with Gasteiger partial charge >= 0.3 is 0 Å². The summed E-state index contributed by atoms with van der Waals surface area (Å²) in [5, 5.41) is 3.72. The molecule has 0 spiro atoms. The van der Waals surface area contributed by atoms with Crippen LogP contribution in [0.3, 0.4) is 0 Å². The fraction of sp³-hybridized carbons (Fsp3) is 0.556. The summed E-state index contributed by atoms with van der Waals surface area (Å²) in [5.41, 5.74) is 2.97. The zero-order valence-electron chi connectivity index (χ0n) is 12.8. The number of halogens is 1. The van der Waals surface area contributed by atoms with Crippen LogP contribution in [0.1, 0.15) is 39.2 Å². The molecule has 2 rings (SSSR count). The molecule has 1 N–H and O–H groups in total. The average Bonchev–Trinajstić information content (AvgIpc) is 2.38. The van der Waals surface area contributed by atoms with Gasteiger partial charge < -0.3 is 5.32 Å². The lowest BCUT2D eigenvalue weighted by Gasteiger charge is -2.27. The van der Waals surface area contributed by atoms with Crippen LogP contribution in [0.4, 0.5) is 0 Å². The minimum atomic E-state index is 0.540. The average molecular weight is 336 g/mol. The molecule has 1 aromatic rings. The maximum atomic E-state index is 3.72. The van der Waals surface area contributed by atoms with E-state index in [2.05, 4.69) is 72.4 Å². The van der Waals surface area contributed by atoms with Crippen LogP contribution in [-0.2, 0) is 6.42 Å². The molecule has 0 aliphatic heterocycles. The number of allylic oxidation sites excluding steroid dienone is 2. The third kappa shape index (κ3) is 5.06. The topological polar surface area (TPSA) is 12.0 Å². The van der Waals surface area contributed by atoms with Crippen molar-refractivity contribution >= 4 is 15.9 Å². The molecule has 0 aromatic heterocycles. The van der Waals surface area contributed by atoms with Crippen LogP contribution >= 0.6 is 15.9 Å². The molecule has 0 fully saturated rings. The molecule has 3 atom stereocenters. The van der Waals surface area contributed by atoms with Crippen molar-refractivity contribution in [2.24, 2.45) is 11.8 Å². The van der Waals surface area contributed by atoms with E-state index in [0.717, 1.165) is 29.3 Å². The third-order valence-electron chi connectivity index (χ3n) is 4.09. The Morgan fingerprint density at radius 3 is 2.65 bits per heavy atom. The van der Waals surface area contributed by atoms with Crippen molar-refractivity contribution in [1.82, 2.24) is 5.32 Å². The summed E-state index contributed by atoms with van der Waals surface area (Å²) in [6, 6.07) is 9.20. The third-order valence-corrected chi connectivity index (χ3v) is 4.62. The van der Waals surface area contributed by atoms with Crippen LogP contribution in [0.2, 0.25) is 0 Å². The van der Waals surface area contributed by atoms with Crippen LogP contribution < -0.4 is 5.32 Å². The van der Waals surface area contributed by atoms with Crippen molar-refractivity contribution in [3.8, 4) is 0 Å². The second-order valence-electron chi connectivity index (χ2n) is 6.44. The van der Waals surface area contributed by atoms with Gasteiger partial charge in [0.2, 0.25) is 0 Å². The molecule has 1 nitrogen and oxygen atoms in total. The first-order valence-corrected chi connectivity index (χ1v) is 8.47. The van der Waals surface area contributed by atoms with Crippen LogP contribution in [-0.4, -0.2) is 12.6 Å². The molecule has 0 saturated heterocycles. The molecule has 1 aliphatic rings. The first-order valence-electron chi connectivity index (χ1n) is 7.68. The Balaban J connectivity index is 1.76. The molecular formula is C18H26BrN. The lowest BCUT2D eigenvalue weighted by atomic mass is 9.83. The van der Waals surface area contributed by atoms with Crippen molar-refractivity contribution in [3.63, 3.8) is 0 Å². The Morgan fingerprint density at radius 2 is 2.00 bits per heavy atom. The van der Waals surface area contributed by atoms with Gasteiger partial charge in [-0.15, -0.1) is 0 Å². The molecule has 2 heteroatoms. The molecule has 0 heterocycles. The van der Waals surface area contributed by atoms with Gasteiger partial charge in [0, 0.05) is 10.5 Å². The molecule has 110 valence electrons. The lowest BCUT2D eigenvalue weighted by molar-refractivity contribution is 0.364. The summed E-state index contributed by atoms with van der Waals surface area (Å²) in [4.78, 5) is 0. The Hall–Kier alpha value is -0.600. The van der Waals surface area contributed by atoms with Crippen LogP contribution in [0.25, 0.3) is 0 Å². The first-order chi connectivity index (χ1) is 9.52. The Morgan fingerprint density at radius 1 is 1.30 bits per heavy atom. The maximum Gasteiger partial charge on any atom is 0.0175 e. The van der Waals surface area contributed by atoms with Gasteiger partial charge in [-0.25, -0.2) is 0 Å². The second kappa shape index (κ2) is 7.42. The lowest BCUT2D eigenvalue weighted by Crippen LogP contribution is -2.34. The number of hydrogen-bond donors (Lipinski definition) is 1. The summed E-state index contributed by atoms with van der Waals surface area (Å²) in [6.45, 7) is 8.04. The van der Waals surface area contributed by atoms with E-state index in [0.29, 0.717) is 6.04 Å². The summed E-state index contributed by atoms with van der Waals surface area (Å²) in [6.07, 6.45) is 6.13. The Bertz CT molecular complexity index is 449. The van der Waals surface area contributed by atoms with Gasteiger partial charge in [-0.3, -0.25) is 0 Å². The Labute approximate surface area is 132 Å². The van der Waals surface area contributed by atoms with Gasteiger partial charge in [-0.1, -0.05) is 46.6 Å². The Kier molecular flexibility index (Phi) is 5.86. The summed E-state index contributed by atoms with van der Waals surface area (Å²) in [7, 11) is 0. The monoisotopic (exact) mass is 335 g/mol. The highest BCUT2D eigenvalue weighted by Crippen LogP contribution is 2.27. The minimum Gasteiger partial charge on any atom is -0.314 e. The minimum absolute atomic E-state index is 0.540. The summed E-state index contributed by atoms with van der Waals surface area (Å²) < 4.78 is 1.15. The van der Waals surface area contributed by atoms with Crippen molar-refractivity contribution < 1.29 is 0 Å². The number of hydrogen-bond acceptors (Lipinski definition) is 1. The maximum absolute atomic E-state index is 3.72. The van der Waals surface area contributed by atoms with Crippen LogP contribution in [0, 0.1) is 11.8 Å². The van der Waals surface area contributed by atoms with Crippen LogP contribution in [0.5, 0.6) is 0 Å². The van der Waals surface area contributed by atoms with Gasteiger partial charge in [0.15, 0.2) is 0 Å². The van der Waals surface area contributed by atoms with Gasteiger partial charge in [0.1, 0.15) is 0 Å². The molecule has 1 aromatic carbocycles. The van der Waals surface area contributed by atoms with Crippen molar-refractivity contribution in [1.29, 1.82) is 0 Å². The second-order valence-corrected chi connectivity index (χ2v) is 7.35. The first kappa shape index (κ1) is 15.8. The molecule has 20 heavy (non-hydrogen) atoms. The molecular weight excluding hydrogens is 310 g/mol. The summed E-state index contributed by atoms with van der Waals surface area (Å²) >= 11 is 3.48. The highest BCUT2D eigenvalue weighted by atomic mass is 79.9. The van der Waals surface area contributed by atoms with E-state index in [-0.39, 0.29) is 0 Å². The molecule has 1 aliphatic carbocycles. The largest absolute Gasteiger partial charge is 0.314 e. The normalized spacial score (nSPS) is 24.3. The predicted octanol–water partition coefficient (Wildman–Crippen LogP) is 4.96. The van der Waals surface area contributed by atoms with Gasteiger partial charge in [-0.05, 0) is 69.2 Å². The van der Waals surface area contributed by atoms with Gasteiger partial charge in [-0.2, -0.15) is 0 Å². The van der Waals surface area contributed by atoms with E-state index < -0.39 is 0 Å². The number of benzene rings is 1. The zero-order chi connectivity index (χ0) is 14.5. The molecule has 0 bridgehead atoms. The van der Waals surface area contributed by atoms with Crippen molar-refractivity contribution in [3.05, 3.63) is 46.0 Å². The zero-order valence-corrected chi connectivity index (χ0v) is 14.4. The molecule has 0 radical (unpaired) electrons. The highest BCUT2D eigenvalue weighted by molar-refractivity contribution is 9.10. The van der Waals surface area contributed by atoms with E-state index in [1.807, 2.05) is 0 Å². The van der Waals surface area contributed by atoms with E-state index in [1.165, 1.54) is 18.4 Å². The fourth-order valence-corrected chi connectivity index (χ4v) is 3.52. The standard InChI is InChI=1S/C18H26BrN/c1-13-8-14(2)10-17(9-13)12-20-15(3)11-16-4-6-18(19)7-5-16/h4-8,13,15,17,20H,9-12H2,1-3H3.